The number of hydrogen-bond acceptors (Lipinski definition) is 5. The Balaban J connectivity index is 1.81. The van der Waals surface area contributed by atoms with E-state index in [2.05, 4.69) is 46.3 Å². The molecule has 1 aromatic carbocycles. The van der Waals surface area contributed by atoms with Crippen molar-refractivity contribution < 1.29 is 4.42 Å². The molecule has 0 aliphatic carbocycles. The summed E-state index contributed by atoms with van der Waals surface area (Å²) in [6, 6.07) is 12.1. The maximum atomic E-state index is 5.44. The van der Waals surface area contributed by atoms with Gasteiger partial charge in [0, 0.05) is 18.7 Å². The zero-order valence-electron chi connectivity index (χ0n) is 13.8. The van der Waals surface area contributed by atoms with Gasteiger partial charge in [-0.2, -0.15) is 0 Å². The van der Waals surface area contributed by atoms with Crippen LogP contribution in [-0.4, -0.2) is 28.3 Å². The van der Waals surface area contributed by atoms with E-state index < -0.39 is 0 Å². The van der Waals surface area contributed by atoms with Crippen LogP contribution in [0.1, 0.15) is 24.8 Å². The van der Waals surface area contributed by atoms with E-state index in [0.29, 0.717) is 11.6 Å². The first-order valence-electron chi connectivity index (χ1n) is 8.42. The number of aromatic nitrogens is 3. The fourth-order valence-corrected chi connectivity index (χ4v) is 3.05. The largest absolute Gasteiger partial charge is 0.461 e. The van der Waals surface area contributed by atoms with Crippen molar-refractivity contribution in [3.63, 3.8) is 0 Å². The van der Waals surface area contributed by atoms with Crippen molar-refractivity contribution in [3.05, 3.63) is 48.2 Å². The summed E-state index contributed by atoms with van der Waals surface area (Å²) < 4.78 is 5.44. The SMILES string of the molecule is Cc1ccc(-c2nnc(-c3ccco3)nc2N2CCCCC2)cc1. The van der Waals surface area contributed by atoms with Gasteiger partial charge in [0.25, 0.3) is 0 Å². The van der Waals surface area contributed by atoms with Gasteiger partial charge in [0.1, 0.15) is 5.69 Å². The highest BCUT2D eigenvalue weighted by atomic mass is 16.3. The van der Waals surface area contributed by atoms with Crippen molar-refractivity contribution in [3.8, 4) is 22.8 Å². The molecule has 0 N–H and O–H groups in total. The summed E-state index contributed by atoms with van der Waals surface area (Å²) in [6.45, 7) is 4.10. The van der Waals surface area contributed by atoms with E-state index in [1.807, 2.05) is 12.1 Å². The highest BCUT2D eigenvalue weighted by Crippen LogP contribution is 2.30. The predicted octanol–water partition coefficient (Wildman–Crippen LogP) is 4.10. The second kappa shape index (κ2) is 6.43. The van der Waals surface area contributed by atoms with Gasteiger partial charge in [-0.05, 0) is 38.3 Å². The number of aryl methyl sites for hydroxylation is 1. The molecule has 2 aromatic heterocycles. The number of benzene rings is 1. The van der Waals surface area contributed by atoms with E-state index >= 15 is 0 Å². The van der Waals surface area contributed by atoms with Gasteiger partial charge in [-0.3, -0.25) is 0 Å². The van der Waals surface area contributed by atoms with Crippen LogP contribution >= 0.6 is 0 Å². The third kappa shape index (κ3) is 2.89. The normalized spacial score (nSPS) is 14.8. The quantitative estimate of drug-likeness (QED) is 0.727. The van der Waals surface area contributed by atoms with Crippen LogP contribution in [-0.2, 0) is 0 Å². The minimum absolute atomic E-state index is 0.538. The van der Waals surface area contributed by atoms with Gasteiger partial charge < -0.3 is 9.32 Å². The van der Waals surface area contributed by atoms with Gasteiger partial charge in [0.05, 0.1) is 6.26 Å². The van der Waals surface area contributed by atoms with Crippen molar-refractivity contribution in [1.29, 1.82) is 0 Å². The number of furan rings is 1. The molecule has 0 atom stereocenters. The van der Waals surface area contributed by atoms with E-state index in [-0.39, 0.29) is 0 Å². The molecule has 5 nitrogen and oxygen atoms in total. The molecule has 24 heavy (non-hydrogen) atoms. The Labute approximate surface area is 141 Å². The molecular weight excluding hydrogens is 300 g/mol. The molecular formula is C19H20N4O. The first kappa shape index (κ1) is 14.9. The van der Waals surface area contributed by atoms with Gasteiger partial charge in [-0.15, -0.1) is 10.2 Å². The number of nitrogens with zero attached hydrogens (tertiary/aromatic N) is 4. The van der Waals surface area contributed by atoms with Crippen LogP contribution in [0.4, 0.5) is 5.82 Å². The standard InChI is InChI=1S/C19H20N4O/c1-14-7-9-15(10-8-14)17-19(23-11-3-2-4-12-23)20-18(22-21-17)16-6-5-13-24-16/h5-10,13H,2-4,11-12H2,1H3. The average molecular weight is 320 g/mol. The van der Waals surface area contributed by atoms with E-state index in [9.17, 15) is 0 Å². The van der Waals surface area contributed by atoms with Crippen LogP contribution in [0.2, 0.25) is 0 Å². The molecule has 0 amide bonds. The zero-order valence-corrected chi connectivity index (χ0v) is 13.8. The summed E-state index contributed by atoms with van der Waals surface area (Å²) in [5.74, 6) is 2.09. The highest BCUT2D eigenvalue weighted by Gasteiger charge is 2.20. The van der Waals surface area contributed by atoms with Crippen molar-refractivity contribution in [2.75, 3.05) is 18.0 Å². The summed E-state index contributed by atoms with van der Waals surface area (Å²) in [5.41, 5.74) is 3.12. The Morgan fingerprint density at radius 2 is 1.75 bits per heavy atom. The lowest BCUT2D eigenvalue weighted by Gasteiger charge is -2.29. The van der Waals surface area contributed by atoms with Gasteiger partial charge >= 0.3 is 0 Å². The zero-order chi connectivity index (χ0) is 16.4. The van der Waals surface area contributed by atoms with Gasteiger partial charge in [-0.25, -0.2) is 4.98 Å². The second-order valence-corrected chi connectivity index (χ2v) is 6.20. The van der Waals surface area contributed by atoms with Crippen molar-refractivity contribution >= 4 is 5.82 Å². The van der Waals surface area contributed by atoms with Crippen molar-refractivity contribution in [2.45, 2.75) is 26.2 Å². The van der Waals surface area contributed by atoms with Crippen LogP contribution in [0.25, 0.3) is 22.8 Å². The number of piperidine rings is 1. The number of anilines is 1. The third-order valence-corrected chi connectivity index (χ3v) is 4.39. The summed E-state index contributed by atoms with van der Waals surface area (Å²) in [4.78, 5) is 7.12. The van der Waals surface area contributed by atoms with Crippen LogP contribution in [0.5, 0.6) is 0 Å². The Morgan fingerprint density at radius 3 is 2.46 bits per heavy atom. The molecule has 0 spiro atoms. The molecule has 0 bridgehead atoms. The highest BCUT2D eigenvalue weighted by molar-refractivity contribution is 5.73. The Kier molecular flexibility index (Phi) is 3.99. The smallest absolute Gasteiger partial charge is 0.219 e. The van der Waals surface area contributed by atoms with Gasteiger partial charge in [0.15, 0.2) is 11.6 Å². The lowest BCUT2D eigenvalue weighted by molar-refractivity contribution is 0.566. The predicted molar refractivity (Wildman–Crippen MR) is 93.8 cm³/mol. The minimum Gasteiger partial charge on any atom is -0.461 e. The van der Waals surface area contributed by atoms with Crippen LogP contribution in [0, 0.1) is 6.92 Å². The van der Waals surface area contributed by atoms with E-state index in [4.69, 9.17) is 9.40 Å². The van der Waals surface area contributed by atoms with E-state index in [0.717, 1.165) is 30.2 Å². The van der Waals surface area contributed by atoms with Crippen LogP contribution in [0.3, 0.4) is 0 Å². The first-order chi connectivity index (χ1) is 11.8. The summed E-state index contributed by atoms with van der Waals surface area (Å²) in [7, 11) is 0. The summed E-state index contributed by atoms with van der Waals surface area (Å²) in [5, 5.41) is 8.79. The molecule has 1 saturated heterocycles. The molecule has 5 heteroatoms. The third-order valence-electron chi connectivity index (χ3n) is 4.39. The molecule has 3 aromatic rings. The number of hydrogen-bond donors (Lipinski definition) is 0. The van der Waals surface area contributed by atoms with E-state index in [1.165, 1.54) is 24.8 Å². The molecule has 3 heterocycles. The Hall–Kier alpha value is -2.69. The molecule has 4 rings (SSSR count). The molecule has 0 unspecified atom stereocenters. The average Bonchev–Trinajstić information content (AvgIpc) is 3.17. The molecule has 1 aliphatic rings. The second-order valence-electron chi connectivity index (χ2n) is 6.20. The minimum atomic E-state index is 0.538. The van der Waals surface area contributed by atoms with E-state index in [1.54, 1.807) is 6.26 Å². The van der Waals surface area contributed by atoms with Gasteiger partial charge in [0.2, 0.25) is 5.82 Å². The monoisotopic (exact) mass is 320 g/mol. The van der Waals surface area contributed by atoms with Crippen molar-refractivity contribution in [2.24, 2.45) is 0 Å². The molecule has 0 saturated carbocycles. The summed E-state index contributed by atoms with van der Waals surface area (Å²) in [6.07, 6.45) is 5.29. The number of rotatable bonds is 3. The fourth-order valence-electron chi connectivity index (χ4n) is 3.05. The van der Waals surface area contributed by atoms with Crippen LogP contribution < -0.4 is 4.90 Å². The molecule has 1 fully saturated rings. The van der Waals surface area contributed by atoms with Gasteiger partial charge in [-0.1, -0.05) is 29.8 Å². The molecule has 0 radical (unpaired) electrons. The fraction of sp³-hybridized carbons (Fsp3) is 0.316. The lowest BCUT2D eigenvalue weighted by atomic mass is 10.1. The van der Waals surface area contributed by atoms with Crippen molar-refractivity contribution in [1.82, 2.24) is 15.2 Å². The molecule has 1 aliphatic heterocycles. The van der Waals surface area contributed by atoms with Crippen LogP contribution in [0.15, 0.2) is 47.1 Å². The molecule has 122 valence electrons. The summed E-state index contributed by atoms with van der Waals surface area (Å²) >= 11 is 0. The first-order valence-corrected chi connectivity index (χ1v) is 8.42. The maximum absolute atomic E-state index is 5.44. The topological polar surface area (TPSA) is 55.1 Å². The maximum Gasteiger partial charge on any atom is 0.219 e. The Bertz CT molecular complexity index is 806. The Morgan fingerprint density at radius 1 is 0.958 bits per heavy atom. The lowest BCUT2D eigenvalue weighted by Crippen LogP contribution is -2.31.